The minimum Gasteiger partial charge on any atom is -0.326 e. The summed E-state index contributed by atoms with van der Waals surface area (Å²) >= 11 is 0. The molecule has 0 saturated carbocycles. The second kappa shape index (κ2) is 4.82. The first kappa shape index (κ1) is 13.0. The van der Waals surface area contributed by atoms with Gasteiger partial charge < -0.3 is 5.73 Å². The van der Waals surface area contributed by atoms with Gasteiger partial charge in [-0.05, 0) is 31.5 Å². The molecular weight excluding hydrogens is 226 g/mol. The Bertz CT molecular complexity index is 440. The molecule has 0 aliphatic rings. The van der Waals surface area contributed by atoms with Crippen molar-refractivity contribution in [3.05, 3.63) is 29.8 Å². The third-order valence-electron chi connectivity index (χ3n) is 2.17. The average molecular weight is 243 g/mol. The largest absolute Gasteiger partial charge is 0.326 e. The number of hydrogen-bond donors (Lipinski definition) is 2. The van der Waals surface area contributed by atoms with Crippen LogP contribution in [0.25, 0.3) is 0 Å². The van der Waals surface area contributed by atoms with E-state index in [4.69, 9.17) is 10.9 Å². The Balaban J connectivity index is 3.13. The van der Waals surface area contributed by atoms with Gasteiger partial charge in [0.2, 0.25) is 0 Å². The molecule has 0 heterocycles. The van der Waals surface area contributed by atoms with Gasteiger partial charge in [0.25, 0.3) is 10.2 Å². The molecule has 0 saturated heterocycles. The topological polar surface area (TPSA) is 89.4 Å². The van der Waals surface area contributed by atoms with E-state index >= 15 is 0 Å². The fourth-order valence-electron chi connectivity index (χ4n) is 1.52. The zero-order valence-electron chi connectivity index (χ0n) is 9.42. The maximum absolute atomic E-state index is 11.4. The molecule has 0 aliphatic heterocycles. The van der Waals surface area contributed by atoms with Crippen molar-refractivity contribution in [2.75, 3.05) is 4.31 Å². The minimum atomic E-state index is -3.73. The summed E-state index contributed by atoms with van der Waals surface area (Å²) in [5.41, 5.74) is 6.96. The lowest BCUT2D eigenvalue weighted by atomic mass is 10.2. The highest BCUT2D eigenvalue weighted by Gasteiger charge is 2.20. The van der Waals surface area contributed by atoms with Crippen molar-refractivity contribution in [2.45, 2.75) is 26.4 Å². The second-order valence-electron chi connectivity index (χ2n) is 3.81. The molecule has 90 valence electrons. The molecular formula is C10H17N3O2S. The van der Waals surface area contributed by atoms with E-state index in [9.17, 15) is 8.42 Å². The van der Waals surface area contributed by atoms with Crippen molar-refractivity contribution in [1.82, 2.24) is 0 Å². The van der Waals surface area contributed by atoms with Crippen LogP contribution in [0.1, 0.15) is 19.4 Å². The maximum Gasteiger partial charge on any atom is 0.299 e. The molecule has 0 aromatic heterocycles. The number of nitrogens with two attached hydrogens (primary N) is 2. The van der Waals surface area contributed by atoms with Crippen LogP contribution in [0.3, 0.4) is 0 Å². The van der Waals surface area contributed by atoms with E-state index in [0.717, 1.165) is 5.56 Å². The summed E-state index contributed by atoms with van der Waals surface area (Å²) in [6, 6.07) is 6.75. The summed E-state index contributed by atoms with van der Waals surface area (Å²) in [6.07, 6.45) is 0. The number of benzene rings is 1. The van der Waals surface area contributed by atoms with Gasteiger partial charge in [0.05, 0.1) is 5.69 Å². The molecule has 1 aromatic carbocycles. The quantitative estimate of drug-likeness (QED) is 0.809. The lowest BCUT2D eigenvalue weighted by Gasteiger charge is -2.25. The van der Waals surface area contributed by atoms with Crippen LogP contribution >= 0.6 is 0 Å². The lowest BCUT2D eigenvalue weighted by Crippen LogP contribution is -2.41. The smallest absolute Gasteiger partial charge is 0.299 e. The van der Waals surface area contributed by atoms with E-state index in [-0.39, 0.29) is 6.04 Å². The molecule has 1 rings (SSSR count). The number of hydrogen-bond acceptors (Lipinski definition) is 3. The number of rotatable bonds is 4. The van der Waals surface area contributed by atoms with Crippen LogP contribution in [-0.4, -0.2) is 14.5 Å². The average Bonchev–Trinajstić information content (AvgIpc) is 2.16. The molecule has 0 amide bonds. The SMILES string of the molecule is CC(C)N(c1ccc(CN)cc1)S(N)(=O)=O. The molecule has 0 bridgehead atoms. The minimum absolute atomic E-state index is 0.223. The van der Waals surface area contributed by atoms with E-state index in [1.54, 1.807) is 38.1 Å². The van der Waals surface area contributed by atoms with Crippen molar-refractivity contribution >= 4 is 15.9 Å². The molecule has 0 spiro atoms. The van der Waals surface area contributed by atoms with Crippen LogP contribution in [-0.2, 0) is 16.8 Å². The second-order valence-corrected chi connectivity index (χ2v) is 5.23. The van der Waals surface area contributed by atoms with Crippen molar-refractivity contribution in [3.8, 4) is 0 Å². The van der Waals surface area contributed by atoms with E-state index in [1.165, 1.54) is 4.31 Å². The summed E-state index contributed by atoms with van der Waals surface area (Å²) in [5, 5.41) is 5.16. The van der Waals surface area contributed by atoms with Gasteiger partial charge >= 0.3 is 0 Å². The summed E-state index contributed by atoms with van der Waals surface area (Å²) < 4.78 is 24.0. The highest BCUT2D eigenvalue weighted by molar-refractivity contribution is 7.90. The summed E-state index contributed by atoms with van der Waals surface area (Å²) in [6.45, 7) is 3.96. The highest BCUT2D eigenvalue weighted by atomic mass is 32.2. The first-order chi connectivity index (χ1) is 7.36. The van der Waals surface area contributed by atoms with Crippen LogP contribution in [0.2, 0.25) is 0 Å². The number of nitrogens with zero attached hydrogens (tertiary/aromatic N) is 1. The van der Waals surface area contributed by atoms with E-state index in [2.05, 4.69) is 0 Å². The Labute approximate surface area is 96.2 Å². The van der Waals surface area contributed by atoms with Gasteiger partial charge in [-0.3, -0.25) is 4.31 Å². The highest BCUT2D eigenvalue weighted by Crippen LogP contribution is 2.19. The van der Waals surface area contributed by atoms with Gasteiger partial charge in [0.15, 0.2) is 0 Å². The lowest BCUT2D eigenvalue weighted by molar-refractivity contribution is 0.586. The van der Waals surface area contributed by atoms with Crippen molar-refractivity contribution in [3.63, 3.8) is 0 Å². The van der Waals surface area contributed by atoms with Gasteiger partial charge in [-0.2, -0.15) is 8.42 Å². The zero-order valence-corrected chi connectivity index (χ0v) is 10.2. The van der Waals surface area contributed by atoms with Crippen molar-refractivity contribution in [1.29, 1.82) is 0 Å². The Morgan fingerprint density at radius 3 is 2.06 bits per heavy atom. The predicted molar refractivity (Wildman–Crippen MR) is 65.1 cm³/mol. The first-order valence-electron chi connectivity index (χ1n) is 4.97. The van der Waals surface area contributed by atoms with Gasteiger partial charge in [-0.25, -0.2) is 5.14 Å². The first-order valence-corrected chi connectivity index (χ1v) is 6.47. The van der Waals surface area contributed by atoms with E-state index < -0.39 is 10.2 Å². The van der Waals surface area contributed by atoms with Gasteiger partial charge in [0, 0.05) is 12.6 Å². The molecule has 0 atom stereocenters. The third-order valence-corrected chi connectivity index (χ3v) is 3.35. The van der Waals surface area contributed by atoms with Crippen LogP contribution in [0.4, 0.5) is 5.69 Å². The Morgan fingerprint density at radius 2 is 1.75 bits per heavy atom. The molecule has 6 heteroatoms. The van der Waals surface area contributed by atoms with Gasteiger partial charge in [-0.15, -0.1) is 0 Å². The maximum atomic E-state index is 11.4. The van der Waals surface area contributed by atoms with Crippen molar-refractivity contribution in [2.24, 2.45) is 10.9 Å². The Kier molecular flexibility index (Phi) is 3.90. The monoisotopic (exact) mass is 243 g/mol. The molecule has 0 radical (unpaired) electrons. The fraction of sp³-hybridized carbons (Fsp3) is 0.400. The fourth-order valence-corrected chi connectivity index (χ4v) is 2.52. The standard InChI is InChI=1S/C10H17N3O2S/c1-8(2)13(16(12,14)15)10-5-3-9(7-11)4-6-10/h3-6,8H,7,11H2,1-2H3,(H2,12,14,15). The summed E-state index contributed by atoms with van der Waals surface area (Å²) in [5.74, 6) is 0. The Morgan fingerprint density at radius 1 is 1.25 bits per heavy atom. The van der Waals surface area contributed by atoms with Crippen LogP contribution in [0.15, 0.2) is 24.3 Å². The zero-order chi connectivity index (χ0) is 12.3. The van der Waals surface area contributed by atoms with Crippen LogP contribution in [0.5, 0.6) is 0 Å². The van der Waals surface area contributed by atoms with E-state index in [1.807, 2.05) is 0 Å². The molecule has 0 unspecified atom stereocenters. The molecule has 4 N–H and O–H groups in total. The van der Waals surface area contributed by atoms with Crippen molar-refractivity contribution < 1.29 is 8.42 Å². The summed E-state index contributed by atoms with van der Waals surface area (Å²) in [7, 11) is -3.73. The van der Waals surface area contributed by atoms with Crippen LogP contribution < -0.4 is 15.2 Å². The molecule has 5 nitrogen and oxygen atoms in total. The molecule has 0 aliphatic carbocycles. The Hall–Kier alpha value is -1.11. The molecule has 1 aromatic rings. The van der Waals surface area contributed by atoms with Crippen LogP contribution in [0, 0.1) is 0 Å². The molecule has 16 heavy (non-hydrogen) atoms. The molecule has 0 fully saturated rings. The van der Waals surface area contributed by atoms with Gasteiger partial charge in [-0.1, -0.05) is 12.1 Å². The van der Waals surface area contributed by atoms with E-state index in [0.29, 0.717) is 12.2 Å². The number of anilines is 1. The van der Waals surface area contributed by atoms with Gasteiger partial charge in [0.1, 0.15) is 0 Å². The summed E-state index contributed by atoms with van der Waals surface area (Å²) in [4.78, 5) is 0. The third kappa shape index (κ3) is 2.94. The predicted octanol–water partition coefficient (Wildman–Crippen LogP) is 0.564. The normalized spacial score (nSPS) is 11.8.